The number of carbonyl (C=O) groups excluding carboxylic acids is 3. The Labute approximate surface area is 266 Å². The summed E-state index contributed by atoms with van der Waals surface area (Å²) in [6, 6.07) is 6.95. The van der Waals surface area contributed by atoms with E-state index in [1.807, 2.05) is 29.2 Å². The van der Waals surface area contributed by atoms with Crippen LogP contribution in [0.5, 0.6) is 0 Å². The zero-order valence-corrected chi connectivity index (χ0v) is 27.0. The topological polar surface area (TPSA) is 108 Å². The van der Waals surface area contributed by atoms with E-state index in [1.165, 1.54) is 17.6 Å². The van der Waals surface area contributed by atoms with Crippen LogP contribution in [0.2, 0.25) is 0 Å². The van der Waals surface area contributed by atoms with Crippen LogP contribution < -0.4 is 5.32 Å². The van der Waals surface area contributed by atoms with Gasteiger partial charge in [-0.2, -0.15) is 5.06 Å². The Hall–Kier alpha value is -3.37. The first-order chi connectivity index (χ1) is 21.7. The summed E-state index contributed by atoms with van der Waals surface area (Å²) in [4.78, 5) is 61.6. The monoisotopic (exact) mass is 616 g/mol. The van der Waals surface area contributed by atoms with Crippen LogP contribution in [0.15, 0.2) is 36.5 Å². The van der Waals surface area contributed by atoms with E-state index in [1.54, 1.807) is 17.2 Å². The lowest BCUT2D eigenvalue weighted by molar-refractivity contribution is -0.275. The Bertz CT molecular complexity index is 1410. The van der Waals surface area contributed by atoms with Crippen molar-refractivity contribution in [2.24, 2.45) is 17.3 Å². The maximum Gasteiger partial charge on any atom is 0.272 e. The minimum atomic E-state index is -0.798. The second kappa shape index (κ2) is 13.5. The summed E-state index contributed by atoms with van der Waals surface area (Å²) in [5.74, 6) is 0.199. The fourth-order valence-corrected chi connectivity index (χ4v) is 7.48. The number of hydrogen-bond donors (Lipinski definition) is 1. The molecule has 10 nitrogen and oxygen atoms in total. The molecule has 2 aromatic rings. The molecular weight excluding hydrogens is 568 g/mol. The van der Waals surface area contributed by atoms with Gasteiger partial charge in [0, 0.05) is 12.6 Å². The van der Waals surface area contributed by atoms with Gasteiger partial charge in [0.15, 0.2) is 12.3 Å². The van der Waals surface area contributed by atoms with Gasteiger partial charge >= 0.3 is 0 Å². The van der Waals surface area contributed by atoms with Crippen LogP contribution in [-0.2, 0) is 19.2 Å². The smallest absolute Gasteiger partial charge is 0.272 e. The zero-order chi connectivity index (χ0) is 31.6. The van der Waals surface area contributed by atoms with Crippen molar-refractivity contribution in [1.82, 2.24) is 30.1 Å². The summed E-state index contributed by atoms with van der Waals surface area (Å²) < 4.78 is 0. The summed E-state index contributed by atoms with van der Waals surface area (Å²) in [5, 5.41) is 4.79. The Morgan fingerprint density at radius 1 is 1.00 bits per heavy atom. The fourth-order valence-electron chi connectivity index (χ4n) is 7.48. The maximum atomic E-state index is 14.3. The summed E-state index contributed by atoms with van der Waals surface area (Å²) in [7, 11) is 0. The predicted octanol–water partition coefficient (Wildman–Crippen LogP) is 4.56. The number of rotatable bonds is 7. The molecule has 0 unspecified atom stereocenters. The molecule has 1 aromatic carbocycles. The molecule has 45 heavy (non-hydrogen) atoms. The number of nitrogens with one attached hydrogen (secondary N) is 1. The minimum absolute atomic E-state index is 0.0132. The highest BCUT2D eigenvalue weighted by Gasteiger charge is 2.53. The number of aromatic nitrogens is 2. The molecule has 1 aromatic heterocycles. The molecule has 1 aliphatic carbocycles. The second-order valence-electron chi connectivity index (χ2n) is 14.6. The van der Waals surface area contributed by atoms with Gasteiger partial charge in [0.1, 0.15) is 6.04 Å². The van der Waals surface area contributed by atoms with Gasteiger partial charge in [-0.3, -0.25) is 24.2 Å². The second-order valence-corrected chi connectivity index (χ2v) is 14.6. The van der Waals surface area contributed by atoms with Gasteiger partial charge in [-0.1, -0.05) is 65.0 Å². The number of benzene rings is 1. The van der Waals surface area contributed by atoms with Crippen molar-refractivity contribution >= 4 is 34.8 Å². The Kier molecular flexibility index (Phi) is 9.52. The van der Waals surface area contributed by atoms with Crippen LogP contribution in [0, 0.1) is 17.3 Å². The van der Waals surface area contributed by atoms with Crippen molar-refractivity contribution in [3.05, 3.63) is 42.2 Å². The first-order valence-corrected chi connectivity index (χ1v) is 16.9. The third kappa shape index (κ3) is 7.38. The highest BCUT2D eigenvalue weighted by atomic mass is 16.7. The average Bonchev–Trinajstić information content (AvgIpc) is 3.03. The van der Waals surface area contributed by atoms with E-state index < -0.39 is 18.3 Å². The van der Waals surface area contributed by atoms with E-state index in [-0.39, 0.29) is 29.7 Å². The van der Waals surface area contributed by atoms with Gasteiger partial charge < -0.3 is 15.1 Å². The number of hydrogen-bond acceptors (Lipinski definition) is 7. The lowest BCUT2D eigenvalue weighted by Crippen LogP contribution is -2.74. The number of fused-ring (bicyclic) bond motifs is 2. The van der Waals surface area contributed by atoms with E-state index in [9.17, 15) is 14.4 Å². The molecule has 10 heteroatoms. The van der Waals surface area contributed by atoms with Crippen molar-refractivity contribution in [3.63, 3.8) is 0 Å². The quantitative estimate of drug-likeness (QED) is 0.455. The number of amides is 3. The summed E-state index contributed by atoms with van der Waals surface area (Å²) in [5.41, 5.74) is 1.88. The molecule has 4 heterocycles. The van der Waals surface area contributed by atoms with Crippen molar-refractivity contribution in [1.29, 1.82) is 0 Å². The third-order valence-corrected chi connectivity index (χ3v) is 9.77. The highest BCUT2D eigenvalue weighted by Crippen LogP contribution is 2.37. The van der Waals surface area contributed by atoms with E-state index in [0.717, 1.165) is 62.6 Å². The standard InChI is InChI=1S/C35H48N6O4/c1-35(2,3)20-29-33(43)39(22-25-15-17-36-18-16-25)23-31-40(29)34(44)30(19-24-9-5-4-6-10-24)45-41(31)32(42)14-13-26-21-37-27-11-7-8-12-28(27)38-26/h7-8,11-14,21,24-25,29-31,36H,4-6,9-10,15-20,22-23H2,1-3H3/b14-13+/t29-,30+,31-/m0/s1. The van der Waals surface area contributed by atoms with Crippen molar-refractivity contribution in [3.8, 4) is 0 Å². The van der Waals surface area contributed by atoms with Gasteiger partial charge in [0.25, 0.3) is 11.8 Å². The van der Waals surface area contributed by atoms with E-state index in [0.29, 0.717) is 36.9 Å². The molecule has 3 amide bonds. The Morgan fingerprint density at radius 2 is 1.73 bits per heavy atom. The average molecular weight is 617 g/mol. The lowest BCUT2D eigenvalue weighted by Gasteiger charge is -2.54. The van der Waals surface area contributed by atoms with E-state index in [4.69, 9.17) is 4.84 Å². The van der Waals surface area contributed by atoms with Gasteiger partial charge in [0.2, 0.25) is 5.91 Å². The van der Waals surface area contributed by atoms with Crippen LogP contribution in [0.25, 0.3) is 17.1 Å². The number of piperazine rings is 1. The van der Waals surface area contributed by atoms with Crippen LogP contribution in [-0.4, -0.2) is 87.0 Å². The third-order valence-electron chi connectivity index (χ3n) is 9.77. The van der Waals surface area contributed by atoms with Gasteiger partial charge in [-0.05, 0) is 74.2 Å². The minimum Gasteiger partial charge on any atom is -0.337 e. The van der Waals surface area contributed by atoms with Crippen molar-refractivity contribution in [2.75, 3.05) is 26.2 Å². The first kappa shape index (κ1) is 31.6. The molecule has 4 fully saturated rings. The fraction of sp³-hybridized carbons (Fsp3) is 0.629. The molecule has 0 radical (unpaired) electrons. The van der Waals surface area contributed by atoms with E-state index >= 15 is 0 Å². The molecule has 0 bridgehead atoms. The summed E-state index contributed by atoms with van der Waals surface area (Å²) in [6.07, 6.45) is 11.9. The zero-order valence-electron chi connectivity index (χ0n) is 27.0. The molecule has 3 aliphatic heterocycles. The molecule has 0 spiro atoms. The summed E-state index contributed by atoms with van der Waals surface area (Å²) in [6.45, 7) is 9.03. The molecule has 1 N–H and O–H groups in total. The first-order valence-electron chi connectivity index (χ1n) is 16.9. The SMILES string of the molecule is CC(C)(C)C[C@H]1C(=O)N(CC2CCNCC2)C[C@@H]2N(C(=O)/C=C/c3cnc4ccccc4n3)O[C@H](CC3CCCCC3)C(=O)N21. The normalized spacial score (nSPS) is 25.8. The van der Waals surface area contributed by atoms with Gasteiger partial charge in [-0.25, -0.2) is 4.98 Å². The molecule has 3 atom stereocenters. The van der Waals surface area contributed by atoms with Crippen molar-refractivity contribution < 1.29 is 19.2 Å². The van der Waals surface area contributed by atoms with Crippen LogP contribution in [0.4, 0.5) is 0 Å². The van der Waals surface area contributed by atoms with Crippen LogP contribution >= 0.6 is 0 Å². The number of nitrogens with zero attached hydrogens (tertiary/aromatic N) is 5. The van der Waals surface area contributed by atoms with Gasteiger partial charge in [0.05, 0.1) is 29.5 Å². The lowest BCUT2D eigenvalue weighted by atomic mass is 9.83. The molecule has 242 valence electrons. The number of para-hydroxylation sites is 2. The maximum absolute atomic E-state index is 14.3. The molecule has 1 saturated carbocycles. The molecule has 3 saturated heterocycles. The predicted molar refractivity (Wildman–Crippen MR) is 172 cm³/mol. The Balaban J connectivity index is 1.31. The largest absolute Gasteiger partial charge is 0.337 e. The van der Waals surface area contributed by atoms with Crippen LogP contribution in [0.3, 0.4) is 0 Å². The Morgan fingerprint density at radius 3 is 2.47 bits per heavy atom. The van der Waals surface area contributed by atoms with Gasteiger partial charge in [-0.15, -0.1) is 0 Å². The number of carbonyl (C=O) groups is 3. The van der Waals surface area contributed by atoms with Crippen LogP contribution in [0.1, 0.15) is 84.3 Å². The molecule has 4 aliphatic rings. The van der Waals surface area contributed by atoms with E-state index in [2.05, 4.69) is 36.1 Å². The molecular formula is C35H48N6O4. The molecule has 6 rings (SSSR count). The number of piperidine rings is 1. The summed E-state index contributed by atoms with van der Waals surface area (Å²) >= 11 is 0. The number of hydroxylamine groups is 2. The highest BCUT2D eigenvalue weighted by molar-refractivity contribution is 5.95. The van der Waals surface area contributed by atoms with Crippen molar-refractivity contribution in [2.45, 2.75) is 96.9 Å².